The highest BCUT2D eigenvalue weighted by Gasteiger charge is 2.53. The predicted octanol–water partition coefficient (Wildman–Crippen LogP) is 4.72. The Bertz CT molecular complexity index is 389. The maximum atomic E-state index is 12.6. The van der Waals surface area contributed by atoms with Crippen molar-refractivity contribution < 1.29 is 9.53 Å². The minimum Gasteiger partial charge on any atom is -0.377 e. The standard InChI is InChI=1S/C19H34O2/c1-12(2)8-16(20)13-9-14(18(3,4)5)17-15(10-13)19(6,7)11-21-17/h12-15,17H,8-11H2,1-7H3. The van der Waals surface area contributed by atoms with E-state index >= 15 is 0 Å². The summed E-state index contributed by atoms with van der Waals surface area (Å²) in [4.78, 5) is 12.6. The van der Waals surface area contributed by atoms with Crippen LogP contribution in [0.25, 0.3) is 0 Å². The van der Waals surface area contributed by atoms with Crippen LogP contribution in [0.3, 0.4) is 0 Å². The maximum Gasteiger partial charge on any atom is 0.136 e. The summed E-state index contributed by atoms with van der Waals surface area (Å²) in [5.41, 5.74) is 0.422. The number of rotatable bonds is 3. The lowest BCUT2D eigenvalue weighted by atomic mass is 9.59. The Balaban J connectivity index is 2.22. The topological polar surface area (TPSA) is 26.3 Å². The molecular weight excluding hydrogens is 260 g/mol. The van der Waals surface area contributed by atoms with Gasteiger partial charge in [-0.25, -0.2) is 0 Å². The van der Waals surface area contributed by atoms with E-state index in [1.165, 1.54) is 0 Å². The minimum absolute atomic E-state index is 0.208. The molecule has 0 radical (unpaired) electrons. The van der Waals surface area contributed by atoms with Crippen LogP contribution in [0.1, 0.15) is 67.7 Å². The van der Waals surface area contributed by atoms with Gasteiger partial charge in [-0.15, -0.1) is 0 Å². The van der Waals surface area contributed by atoms with Gasteiger partial charge in [0.05, 0.1) is 12.7 Å². The summed E-state index contributed by atoms with van der Waals surface area (Å²) < 4.78 is 6.21. The van der Waals surface area contributed by atoms with Crippen LogP contribution in [-0.4, -0.2) is 18.5 Å². The van der Waals surface area contributed by atoms with Gasteiger partial charge in [0, 0.05) is 12.3 Å². The third-order valence-corrected chi connectivity index (χ3v) is 5.70. The van der Waals surface area contributed by atoms with Crippen LogP contribution >= 0.6 is 0 Å². The molecule has 0 aromatic rings. The number of hydrogen-bond donors (Lipinski definition) is 0. The fourth-order valence-electron chi connectivity index (χ4n) is 4.35. The molecule has 0 spiro atoms. The number of hydrogen-bond acceptors (Lipinski definition) is 2. The van der Waals surface area contributed by atoms with Crippen molar-refractivity contribution in [1.82, 2.24) is 0 Å². The first-order valence-corrected chi connectivity index (χ1v) is 8.66. The lowest BCUT2D eigenvalue weighted by Crippen LogP contribution is -2.46. The number of carbonyl (C=O) groups is 1. The molecule has 1 saturated heterocycles. The second-order valence-electron chi connectivity index (χ2n) is 9.58. The Morgan fingerprint density at radius 1 is 1.24 bits per heavy atom. The molecule has 2 heteroatoms. The van der Waals surface area contributed by atoms with E-state index in [0.717, 1.165) is 25.9 Å². The zero-order valence-corrected chi connectivity index (χ0v) is 15.0. The molecule has 2 rings (SSSR count). The highest BCUT2D eigenvalue weighted by molar-refractivity contribution is 5.81. The highest BCUT2D eigenvalue weighted by atomic mass is 16.5. The second kappa shape index (κ2) is 5.68. The number of fused-ring (bicyclic) bond motifs is 1. The fourth-order valence-corrected chi connectivity index (χ4v) is 4.35. The largest absolute Gasteiger partial charge is 0.377 e. The summed E-state index contributed by atoms with van der Waals surface area (Å²) in [5.74, 6) is 2.24. The van der Waals surface area contributed by atoms with Gasteiger partial charge >= 0.3 is 0 Å². The molecule has 0 aromatic carbocycles. The summed E-state index contributed by atoms with van der Waals surface area (Å²) in [6.45, 7) is 16.7. The summed E-state index contributed by atoms with van der Waals surface area (Å²) >= 11 is 0. The van der Waals surface area contributed by atoms with Gasteiger partial charge in [-0.3, -0.25) is 4.79 Å². The zero-order valence-electron chi connectivity index (χ0n) is 15.0. The predicted molar refractivity (Wildman–Crippen MR) is 87.1 cm³/mol. The monoisotopic (exact) mass is 294 g/mol. The van der Waals surface area contributed by atoms with Crippen molar-refractivity contribution in [2.24, 2.45) is 34.5 Å². The van der Waals surface area contributed by atoms with E-state index in [1.54, 1.807) is 0 Å². The summed E-state index contributed by atoms with van der Waals surface area (Å²) in [6.07, 6.45) is 3.14. The van der Waals surface area contributed by atoms with E-state index in [2.05, 4.69) is 48.5 Å². The quantitative estimate of drug-likeness (QED) is 0.753. The Morgan fingerprint density at radius 2 is 1.86 bits per heavy atom. The number of ether oxygens (including phenoxy) is 1. The molecule has 0 N–H and O–H groups in total. The van der Waals surface area contributed by atoms with Crippen LogP contribution < -0.4 is 0 Å². The summed E-state index contributed by atoms with van der Waals surface area (Å²) in [6, 6.07) is 0. The van der Waals surface area contributed by atoms with Gasteiger partial charge in [0.1, 0.15) is 5.78 Å². The third-order valence-electron chi connectivity index (χ3n) is 5.70. The van der Waals surface area contributed by atoms with Gasteiger partial charge in [-0.1, -0.05) is 48.5 Å². The zero-order chi connectivity index (χ0) is 16.0. The summed E-state index contributed by atoms with van der Waals surface area (Å²) in [7, 11) is 0. The SMILES string of the molecule is CC(C)CC(=O)C1CC(C(C)(C)C)C2OCC(C)(C)C2C1. The summed E-state index contributed by atoms with van der Waals surface area (Å²) in [5, 5.41) is 0. The van der Waals surface area contributed by atoms with Gasteiger partial charge < -0.3 is 4.74 Å². The Kier molecular flexibility index (Phi) is 4.60. The molecule has 4 atom stereocenters. The molecule has 2 aliphatic rings. The van der Waals surface area contributed by atoms with Crippen molar-refractivity contribution >= 4 is 5.78 Å². The molecule has 2 fully saturated rings. The number of carbonyl (C=O) groups excluding carboxylic acids is 1. The van der Waals surface area contributed by atoms with Crippen molar-refractivity contribution in [2.75, 3.05) is 6.61 Å². The van der Waals surface area contributed by atoms with Crippen LogP contribution in [0.5, 0.6) is 0 Å². The number of Topliss-reactive ketones (excluding diaryl/α,β-unsaturated/α-hetero) is 1. The number of ketones is 1. The van der Waals surface area contributed by atoms with E-state index in [4.69, 9.17) is 4.74 Å². The van der Waals surface area contributed by atoms with Gasteiger partial charge in [-0.05, 0) is 41.4 Å². The molecule has 2 nitrogen and oxygen atoms in total. The molecular formula is C19H34O2. The van der Waals surface area contributed by atoms with Gasteiger partial charge in [0.25, 0.3) is 0 Å². The van der Waals surface area contributed by atoms with Crippen molar-refractivity contribution in [1.29, 1.82) is 0 Å². The molecule has 1 aliphatic heterocycles. The van der Waals surface area contributed by atoms with Crippen molar-refractivity contribution in [3.05, 3.63) is 0 Å². The van der Waals surface area contributed by atoms with Gasteiger partial charge in [-0.2, -0.15) is 0 Å². The van der Waals surface area contributed by atoms with Gasteiger partial charge in [0.15, 0.2) is 0 Å². The molecule has 0 aromatic heterocycles. The highest BCUT2D eigenvalue weighted by Crippen LogP contribution is 2.53. The van der Waals surface area contributed by atoms with E-state index in [1.807, 2.05) is 0 Å². The van der Waals surface area contributed by atoms with Crippen LogP contribution in [0.15, 0.2) is 0 Å². The fraction of sp³-hybridized carbons (Fsp3) is 0.947. The van der Waals surface area contributed by atoms with E-state index in [0.29, 0.717) is 29.6 Å². The van der Waals surface area contributed by atoms with E-state index in [-0.39, 0.29) is 16.7 Å². The van der Waals surface area contributed by atoms with Crippen LogP contribution in [-0.2, 0) is 9.53 Å². The average molecular weight is 294 g/mol. The van der Waals surface area contributed by atoms with Gasteiger partial charge in [0.2, 0.25) is 0 Å². The van der Waals surface area contributed by atoms with Crippen molar-refractivity contribution in [2.45, 2.75) is 73.8 Å². The lowest BCUT2D eigenvalue weighted by Gasteiger charge is -2.46. The van der Waals surface area contributed by atoms with Crippen LogP contribution in [0.4, 0.5) is 0 Å². The second-order valence-corrected chi connectivity index (χ2v) is 9.58. The average Bonchev–Trinajstić information content (AvgIpc) is 2.62. The van der Waals surface area contributed by atoms with E-state index < -0.39 is 0 Å². The third kappa shape index (κ3) is 3.52. The molecule has 1 aliphatic carbocycles. The van der Waals surface area contributed by atoms with Crippen LogP contribution in [0.2, 0.25) is 0 Å². The first-order chi connectivity index (χ1) is 9.52. The Morgan fingerprint density at radius 3 is 2.38 bits per heavy atom. The molecule has 21 heavy (non-hydrogen) atoms. The van der Waals surface area contributed by atoms with E-state index in [9.17, 15) is 4.79 Å². The van der Waals surface area contributed by atoms with Crippen molar-refractivity contribution in [3.8, 4) is 0 Å². The molecule has 122 valence electrons. The van der Waals surface area contributed by atoms with Crippen LogP contribution in [0, 0.1) is 34.5 Å². The Hall–Kier alpha value is -0.370. The molecule has 1 saturated carbocycles. The minimum atomic E-state index is 0.208. The first-order valence-electron chi connectivity index (χ1n) is 8.66. The maximum absolute atomic E-state index is 12.6. The molecule has 0 bridgehead atoms. The smallest absolute Gasteiger partial charge is 0.136 e. The molecule has 4 unspecified atom stereocenters. The van der Waals surface area contributed by atoms with Crippen molar-refractivity contribution in [3.63, 3.8) is 0 Å². The Labute approximate surface area is 131 Å². The first kappa shape index (κ1) is 17.0. The lowest BCUT2D eigenvalue weighted by molar-refractivity contribution is -0.129. The normalized spacial score (nSPS) is 35.8. The molecule has 1 heterocycles. The molecule has 0 amide bonds.